The molecule has 0 radical (unpaired) electrons. The van der Waals surface area contributed by atoms with E-state index in [4.69, 9.17) is 0 Å². The summed E-state index contributed by atoms with van der Waals surface area (Å²) in [6, 6.07) is 19.6. The van der Waals surface area contributed by atoms with Gasteiger partial charge in [-0.15, -0.1) is 0 Å². The maximum atomic E-state index is 14.4. The van der Waals surface area contributed by atoms with Gasteiger partial charge in [0.25, 0.3) is 0 Å². The number of sulfonamides is 1. The standard InChI is InChI=1S/C31H37F2N3O4S/c1-4-23(2)34-31(38)29(21-24-11-6-5-7-12-24)35(22-25-16-18-26(32)19-17-25)30(37)15-10-20-36(41(3,39)40)28-14-9-8-13-27(28)33/h5-9,11-14,16-19,23,29H,4,10,15,20-22H2,1-3H3,(H,34,38)/t23-,29+/m1/s1. The van der Waals surface area contributed by atoms with E-state index >= 15 is 0 Å². The number of amides is 2. The molecule has 0 unspecified atom stereocenters. The van der Waals surface area contributed by atoms with E-state index in [1.807, 2.05) is 44.2 Å². The third kappa shape index (κ3) is 9.38. The van der Waals surface area contributed by atoms with Gasteiger partial charge in [0.2, 0.25) is 21.8 Å². The van der Waals surface area contributed by atoms with E-state index in [9.17, 15) is 26.8 Å². The third-order valence-corrected chi connectivity index (χ3v) is 7.99. The van der Waals surface area contributed by atoms with Crippen LogP contribution in [-0.2, 0) is 32.6 Å². The van der Waals surface area contributed by atoms with Crippen LogP contribution in [0.1, 0.15) is 44.2 Å². The van der Waals surface area contributed by atoms with Crippen molar-refractivity contribution in [1.29, 1.82) is 0 Å². The highest BCUT2D eigenvalue weighted by molar-refractivity contribution is 7.92. The van der Waals surface area contributed by atoms with Crippen molar-refractivity contribution in [3.63, 3.8) is 0 Å². The number of hydrogen-bond donors (Lipinski definition) is 1. The normalized spacial score (nSPS) is 12.8. The van der Waals surface area contributed by atoms with E-state index < -0.39 is 27.7 Å². The van der Waals surface area contributed by atoms with E-state index in [2.05, 4.69) is 5.32 Å². The van der Waals surface area contributed by atoms with Crippen LogP contribution in [0.2, 0.25) is 0 Å². The van der Waals surface area contributed by atoms with Crippen molar-refractivity contribution in [2.45, 2.75) is 58.2 Å². The van der Waals surface area contributed by atoms with Crippen LogP contribution in [0.5, 0.6) is 0 Å². The zero-order valence-corrected chi connectivity index (χ0v) is 24.4. The van der Waals surface area contributed by atoms with E-state index in [0.29, 0.717) is 12.0 Å². The van der Waals surface area contributed by atoms with Gasteiger partial charge in [0.15, 0.2) is 0 Å². The molecular formula is C31H37F2N3O4S. The molecule has 0 aliphatic carbocycles. The zero-order chi connectivity index (χ0) is 30.0. The molecule has 0 aliphatic rings. The second-order valence-electron chi connectivity index (χ2n) is 10.1. The smallest absolute Gasteiger partial charge is 0.243 e. The first kappa shape index (κ1) is 31.7. The summed E-state index contributed by atoms with van der Waals surface area (Å²) in [4.78, 5) is 28.8. The Bertz CT molecular complexity index is 1400. The highest BCUT2D eigenvalue weighted by Crippen LogP contribution is 2.23. The Labute approximate surface area is 241 Å². The second-order valence-corrected chi connectivity index (χ2v) is 12.0. The Morgan fingerprint density at radius 3 is 2.15 bits per heavy atom. The number of halogens is 2. The van der Waals surface area contributed by atoms with Gasteiger partial charge in [-0.3, -0.25) is 13.9 Å². The Morgan fingerprint density at radius 2 is 1.54 bits per heavy atom. The molecule has 3 aromatic carbocycles. The van der Waals surface area contributed by atoms with Gasteiger partial charge in [-0.25, -0.2) is 17.2 Å². The van der Waals surface area contributed by atoms with Gasteiger partial charge in [0.05, 0.1) is 11.9 Å². The quantitative estimate of drug-likeness (QED) is 0.286. The Morgan fingerprint density at radius 1 is 0.902 bits per heavy atom. The van der Waals surface area contributed by atoms with Crippen molar-refractivity contribution in [3.8, 4) is 0 Å². The lowest BCUT2D eigenvalue weighted by Gasteiger charge is -2.32. The Balaban J connectivity index is 1.89. The van der Waals surface area contributed by atoms with Crippen molar-refractivity contribution >= 4 is 27.5 Å². The van der Waals surface area contributed by atoms with Crippen LogP contribution in [0.25, 0.3) is 0 Å². The minimum atomic E-state index is -3.83. The minimum absolute atomic E-state index is 0.0492. The molecular weight excluding hydrogens is 548 g/mol. The summed E-state index contributed by atoms with van der Waals surface area (Å²) >= 11 is 0. The highest BCUT2D eigenvalue weighted by Gasteiger charge is 2.31. The number of carbonyl (C=O) groups excluding carboxylic acids is 2. The molecule has 2 atom stereocenters. The second kappa shape index (κ2) is 14.7. The van der Waals surface area contributed by atoms with Gasteiger partial charge < -0.3 is 10.2 Å². The Hall–Kier alpha value is -3.79. The molecule has 2 amide bonds. The largest absolute Gasteiger partial charge is 0.352 e. The molecule has 0 aliphatic heterocycles. The maximum Gasteiger partial charge on any atom is 0.243 e. The first-order valence-electron chi connectivity index (χ1n) is 13.6. The number of rotatable bonds is 14. The summed E-state index contributed by atoms with van der Waals surface area (Å²) in [5.74, 6) is -1.80. The lowest BCUT2D eigenvalue weighted by Crippen LogP contribution is -2.52. The number of nitrogens with one attached hydrogen (secondary N) is 1. The number of anilines is 1. The number of nitrogens with zero attached hydrogens (tertiary/aromatic N) is 2. The number of para-hydroxylation sites is 1. The molecule has 3 rings (SSSR count). The predicted molar refractivity (Wildman–Crippen MR) is 157 cm³/mol. The minimum Gasteiger partial charge on any atom is -0.352 e. The van der Waals surface area contributed by atoms with Crippen LogP contribution in [0, 0.1) is 11.6 Å². The lowest BCUT2D eigenvalue weighted by atomic mass is 10.0. The van der Waals surface area contributed by atoms with Crippen molar-refractivity contribution in [2.75, 3.05) is 17.1 Å². The fourth-order valence-corrected chi connectivity index (χ4v) is 5.38. The van der Waals surface area contributed by atoms with Crippen molar-refractivity contribution in [1.82, 2.24) is 10.2 Å². The molecule has 0 bridgehead atoms. The molecule has 10 heteroatoms. The van der Waals surface area contributed by atoms with Gasteiger partial charge in [0, 0.05) is 32.0 Å². The van der Waals surface area contributed by atoms with E-state index in [0.717, 1.165) is 16.1 Å². The van der Waals surface area contributed by atoms with Gasteiger partial charge in [-0.1, -0.05) is 61.5 Å². The molecule has 0 aromatic heterocycles. The SMILES string of the molecule is CC[C@@H](C)NC(=O)[C@H](Cc1ccccc1)N(Cc1ccc(F)cc1)C(=O)CCCN(c1ccccc1F)S(C)(=O)=O. The molecule has 220 valence electrons. The molecule has 1 N–H and O–H groups in total. The monoisotopic (exact) mass is 585 g/mol. The summed E-state index contributed by atoms with van der Waals surface area (Å²) in [5.41, 5.74) is 1.40. The van der Waals surface area contributed by atoms with Crippen LogP contribution < -0.4 is 9.62 Å². The predicted octanol–water partition coefficient (Wildman–Crippen LogP) is 5.07. The highest BCUT2D eigenvalue weighted by atomic mass is 32.2. The molecule has 0 saturated carbocycles. The average Bonchev–Trinajstić information content (AvgIpc) is 2.94. The molecule has 41 heavy (non-hydrogen) atoms. The van der Waals surface area contributed by atoms with E-state index in [-0.39, 0.29) is 55.9 Å². The fraction of sp³-hybridized carbons (Fsp3) is 0.355. The topological polar surface area (TPSA) is 86.8 Å². The van der Waals surface area contributed by atoms with Crippen molar-refractivity contribution < 1.29 is 26.8 Å². The van der Waals surface area contributed by atoms with Crippen LogP contribution in [0.15, 0.2) is 78.9 Å². The number of hydrogen-bond acceptors (Lipinski definition) is 4. The van der Waals surface area contributed by atoms with E-state index in [1.54, 1.807) is 12.1 Å². The lowest BCUT2D eigenvalue weighted by molar-refractivity contribution is -0.141. The first-order chi connectivity index (χ1) is 19.5. The Kier molecular flexibility index (Phi) is 11.4. The molecule has 0 saturated heterocycles. The van der Waals surface area contributed by atoms with Gasteiger partial charge in [-0.2, -0.15) is 0 Å². The van der Waals surface area contributed by atoms with Crippen LogP contribution in [0.3, 0.4) is 0 Å². The number of carbonyl (C=O) groups is 2. The van der Waals surface area contributed by atoms with Crippen LogP contribution in [0.4, 0.5) is 14.5 Å². The average molecular weight is 586 g/mol. The van der Waals surface area contributed by atoms with E-state index in [1.165, 1.54) is 41.3 Å². The van der Waals surface area contributed by atoms with Crippen molar-refractivity contribution in [3.05, 3.63) is 102 Å². The summed E-state index contributed by atoms with van der Waals surface area (Å²) in [6.45, 7) is 3.75. The maximum absolute atomic E-state index is 14.4. The molecule has 0 heterocycles. The molecule has 3 aromatic rings. The van der Waals surface area contributed by atoms with Gasteiger partial charge in [0.1, 0.15) is 17.7 Å². The van der Waals surface area contributed by atoms with Gasteiger partial charge >= 0.3 is 0 Å². The summed E-state index contributed by atoms with van der Waals surface area (Å²) in [6.07, 6.45) is 1.93. The first-order valence-corrected chi connectivity index (χ1v) is 15.4. The summed E-state index contributed by atoms with van der Waals surface area (Å²) in [5, 5.41) is 2.98. The molecule has 0 fully saturated rings. The molecule has 0 spiro atoms. The van der Waals surface area contributed by atoms with Crippen molar-refractivity contribution in [2.24, 2.45) is 0 Å². The van der Waals surface area contributed by atoms with Crippen LogP contribution in [-0.4, -0.2) is 50.0 Å². The fourth-order valence-electron chi connectivity index (χ4n) is 4.42. The summed E-state index contributed by atoms with van der Waals surface area (Å²) < 4.78 is 53.9. The van der Waals surface area contributed by atoms with Crippen LogP contribution >= 0.6 is 0 Å². The summed E-state index contributed by atoms with van der Waals surface area (Å²) in [7, 11) is -3.83. The number of benzene rings is 3. The van der Waals surface area contributed by atoms with Gasteiger partial charge in [-0.05, 0) is 55.2 Å². The third-order valence-electron chi connectivity index (χ3n) is 6.81. The zero-order valence-electron chi connectivity index (χ0n) is 23.6. The molecule has 7 nitrogen and oxygen atoms in total.